The first-order valence-electron chi connectivity index (χ1n) is 44.7. The predicted octanol–water partition coefficient (Wildman–Crippen LogP) is 15.5. The summed E-state index contributed by atoms with van der Waals surface area (Å²) < 4.78 is 73.1. The number of esters is 4. The Morgan fingerprint density at radius 3 is 1.06 bits per heavy atom. The maximum absolute atomic E-state index is 14.8. The average molecular weight is 1630 g/mol. The lowest BCUT2D eigenvalue weighted by molar-refractivity contribution is -0.360. The van der Waals surface area contributed by atoms with Gasteiger partial charge in [-0.25, -0.2) is 4.57 Å². The molecular weight excluding hydrogens is 1480 g/mol. The molecule has 2 heterocycles. The molecule has 3 fully saturated rings. The standard InChI is InChI=1S/C87H157O25P/c1-5-9-13-17-21-25-29-33-34-38-40-44-48-52-56-60-71(90)104-66-69-75(94)77(96)81(100)87(108-69)111-84-82(109-73(92)62-58-54-50-46-42-37-32-28-24-20-16-12-8-4)78(97)79(98)83(110-86-80(99)76(95)74(93)68(63-88)107-86)85(84)112-113(101,102)105-65-67(106-72(91)61-57-53-49-45-41-36-31-27-23-19-15-11-7-3)64-103-70(89)59-55-51-47-43-39-35-30-26-22-18-14-10-6-2/h35-37,39,41-42,67-69,74-88,93-100H,5-34,38,40,43-66H2,1-4H3,(H,101,102)/b39-35-,41-36-,42-37-. The normalized spacial score (nSPS) is 25.6. The van der Waals surface area contributed by atoms with Crippen LogP contribution in [0.1, 0.15) is 362 Å². The van der Waals surface area contributed by atoms with Crippen molar-refractivity contribution in [1.82, 2.24) is 0 Å². The highest BCUT2D eigenvalue weighted by Gasteiger charge is 2.60. The van der Waals surface area contributed by atoms with E-state index in [2.05, 4.69) is 64.2 Å². The number of allylic oxidation sites excluding steroid dienone is 6. The molecule has 2 aliphatic heterocycles. The van der Waals surface area contributed by atoms with E-state index in [1.54, 1.807) is 0 Å². The topological polar surface area (TPSA) is 380 Å². The van der Waals surface area contributed by atoms with E-state index >= 15 is 0 Å². The van der Waals surface area contributed by atoms with Gasteiger partial charge in [0.05, 0.1) is 13.2 Å². The van der Waals surface area contributed by atoms with Crippen molar-refractivity contribution in [3.8, 4) is 0 Å². The Morgan fingerprint density at radius 1 is 0.345 bits per heavy atom. The molecule has 113 heavy (non-hydrogen) atoms. The van der Waals surface area contributed by atoms with Gasteiger partial charge in [0.25, 0.3) is 0 Å². The van der Waals surface area contributed by atoms with Gasteiger partial charge < -0.3 is 88.7 Å². The zero-order chi connectivity index (χ0) is 82.5. The fourth-order valence-electron chi connectivity index (χ4n) is 14.4. The minimum atomic E-state index is -5.81. The molecule has 1 aliphatic carbocycles. The summed E-state index contributed by atoms with van der Waals surface area (Å²) in [6.45, 7) is 5.50. The monoisotopic (exact) mass is 1630 g/mol. The van der Waals surface area contributed by atoms with Gasteiger partial charge in [0.2, 0.25) is 0 Å². The second kappa shape index (κ2) is 66.5. The fourth-order valence-corrected chi connectivity index (χ4v) is 15.4. The van der Waals surface area contributed by atoms with Crippen molar-refractivity contribution in [2.75, 3.05) is 26.4 Å². The molecule has 3 aliphatic rings. The Hall–Kier alpha value is -3.31. The Kier molecular flexibility index (Phi) is 61.1. The summed E-state index contributed by atoms with van der Waals surface area (Å²) in [6.07, 6.45) is 26.1. The van der Waals surface area contributed by atoms with Gasteiger partial charge in [0.1, 0.15) is 92.6 Å². The largest absolute Gasteiger partial charge is 0.472 e. The van der Waals surface area contributed by atoms with Gasteiger partial charge >= 0.3 is 31.7 Å². The quantitative estimate of drug-likeness (QED) is 0.00889. The molecule has 0 aromatic carbocycles. The molecule has 0 amide bonds. The molecule has 1 saturated carbocycles. The molecule has 25 nitrogen and oxygen atoms in total. The number of aliphatic hydroxyl groups excluding tert-OH is 9. The first kappa shape index (κ1) is 104. The third-order valence-electron chi connectivity index (χ3n) is 21.6. The van der Waals surface area contributed by atoms with Crippen LogP contribution in [0.3, 0.4) is 0 Å². The number of unbranched alkanes of at least 4 members (excludes halogenated alkanes) is 41. The first-order chi connectivity index (χ1) is 54.7. The lowest BCUT2D eigenvalue weighted by atomic mass is 9.84. The summed E-state index contributed by atoms with van der Waals surface area (Å²) in [5, 5.41) is 102. The number of hydrogen-bond acceptors (Lipinski definition) is 24. The molecule has 0 aromatic rings. The summed E-state index contributed by atoms with van der Waals surface area (Å²) in [5.41, 5.74) is 0. The number of ether oxygens (including phenoxy) is 8. The van der Waals surface area contributed by atoms with Crippen LogP contribution in [-0.4, -0.2) is 205 Å². The predicted molar refractivity (Wildman–Crippen MR) is 435 cm³/mol. The molecule has 2 saturated heterocycles. The van der Waals surface area contributed by atoms with Gasteiger partial charge in [-0.3, -0.25) is 28.2 Å². The van der Waals surface area contributed by atoms with Crippen molar-refractivity contribution in [2.45, 2.75) is 466 Å². The van der Waals surface area contributed by atoms with Crippen molar-refractivity contribution >= 4 is 31.7 Å². The maximum Gasteiger partial charge on any atom is 0.472 e. The summed E-state index contributed by atoms with van der Waals surface area (Å²) >= 11 is 0. The van der Waals surface area contributed by atoms with E-state index in [1.165, 1.54) is 148 Å². The Balaban J connectivity index is 1.94. The molecule has 0 aromatic heterocycles. The summed E-state index contributed by atoms with van der Waals surface area (Å²) in [4.78, 5) is 66.2. The average Bonchev–Trinajstić information content (AvgIpc) is 0.754. The van der Waals surface area contributed by atoms with Crippen LogP contribution in [0.2, 0.25) is 0 Å². The van der Waals surface area contributed by atoms with Crippen molar-refractivity contribution in [3.05, 3.63) is 36.5 Å². The third kappa shape index (κ3) is 47.3. The van der Waals surface area contributed by atoms with E-state index in [4.69, 9.17) is 46.9 Å². The number of rotatable bonds is 71. The van der Waals surface area contributed by atoms with Gasteiger partial charge in [-0.05, 0) is 103 Å². The van der Waals surface area contributed by atoms with Crippen LogP contribution >= 0.6 is 7.82 Å². The molecular formula is C87H157O25P. The van der Waals surface area contributed by atoms with E-state index in [0.717, 1.165) is 116 Å². The van der Waals surface area contributed by atoms with E-state index in [-0.39, 0.29) is 32.1 Å². The van der Waals surface area contributed by atoms with E-state index in [9.17, 15) is 74.6 Å². The number of phosphoric ester groups is 1. The molecule has 18 atom stereocenters. The number of phosphoric acid groups is 1. The van der Waals surface area contributed by atoms with Gasteiger partial charge in [-0.1, -0.05) is 270 Å². The van der Waals surface area contributed by atoms with Crippen LogP contribution in [-0.2, 0) is 70.7 Å². The minimum absolute atomic E-state index is 0.00863. The summed E-state index contributed by atoms with van der Waals surface area (Å²) in [5.74, 6) is -3.03. The summed E-state index contributed by atoms with van der Waals surface area (Å²) in [6, 6.07) is 0. The Labute approximate surface area is 678 Å². The highest BCUT2D eigenvalue weighted by atomic mass is 31.2. The molecule has 0 spiro atoms. The maximum atomic E-state index is 14.8. The van der Waals surface area contributed by atoms with Crippen LogP contribution in [0.5, 0.6) is 0 Å². The van der Waals surface area contributed by atoms with Crippen molar-refractivity contribution < 1.29 is 122 Å². The Bertz CT molecular complexity index is 2510. The molecule has 0 bridgehead atoms. The lowest BCUT2D eigenvalue weighted by Gasteiger charge is -2.50. The van der Waals surface area contributed by atoms with E-state index < -0.39 is 162 Å². The molecule has 10 N–H and O–H groups in total. The second-order valence-corrected chi connectivity index (χ2v) is 33.1. The SMILES string of the molecule is CCCCCCCC/C=C\CCCCCC(=O)OCC(COP(=O)(O)OC1C(OC2OC(CO)C(O)C(O)C2O)C(O)C(O)C(OC(=O)CCCCC/C=C\CCCCCCCC)C1OC1OC(COC(=O)CCCCCCCCCCCCCCCCC)C(O)C(O)C1O)OC(=O)CCCCC/C=C\CCCCCCCC. The van der Waals surface area contributed by atoms with Crippen LogP contribution in [0, 0.1) is 0 Å². The first-order valence-corrected chi connectivity index (χ1v) is 46.2. The highest BCUT2D eigenvalue weighted by molar-refractivity contribution is 7.47. The van der Waals surface area contributed by atoms with Crippen molar-refractivity contribution in [3.63, 3.8) is 0 Å². The number of aliphatic hydroxyl groups is 9. The van der Waals surface area contributed by atoms with Crippen molar-refractivity contribution in [1.29, 1.82) is 0 Å². The Morgan fingerprint density at radius 2 is 0.664 bits per heavy atom. The van der Waals surface area contributed by atoms with E-state index in [0.29, 0.717) is 38.5 Å². The van der Waals surface area contributed by atoms with Crippen LogP contribution in [0.25, 0.3) is 0 Å². The van der Waals surface area contributed by atoms with Gasteiger partial charge in [0.15, 0.2) is 24.8 Å². The van der Waals surface area contributed by atoms with Crippen LogP contribution in [0.4, 0.5) is 0 Å². The molecule has 3 rings (SSSR count). The van der Waals surface area contributed by atoms with E-state index in [1.807, 2.05) is 0 Å². The highest BCUT2D eigenvalue weighted by Crippen LogP contribution is 2.49. The lowest BCUT2D eigenvalue weighted by Crippen LogP contribution is -2.70. The molecule has 660 valence electrons. The zero-order valence-corrected chi connectivity index (χ0v) is 70.8. The minimum Gasteiger partial charge on any atom is -0.463 e. The number of carbonyl (C=O) groups excluding carboxylic acids is 4. The number of hydrogen-bond donors (Lipinski definition) is 10. The van der Waals surface area contributed by atoms with Crippen LogP contribution in [0.15, 0.2) is 36.5 Å². The van der Waals surface area contributed by atoms with Gasteiger partial charge in [-0.2, -0.15) is 0 Å². The van der Waals surface area contributed by atoms with Crippen LogP contribution < -0.4 is 0 Å². The zero-order valence-electron chi connectivity index (χ0n) is 69.9. The second-order valence-electron chi connectivity index (χ2n) is 31.7. The van der Waals surface area contributed by atoms with Gasteiger partial charge in [-0.15, -0.1) is 0 Å². The summed E-state index contributed by atoms with van der Waals surface area (Å²) in [7, 11) is -5.81. The molecule has 26 heteroatoms. The third-order valence-corrected chi connectivity index (χ3v) is 22.6. The smallest absolute Gasteiger partial charge is 0.463 e. The number of carbonyl (C=O) groups is 4. The molecule has 18 unspecified atom stereocenters. The van der Waals surface area contributed by atoms with Gasteiger partial charge in [0, 0.05) is 25.7 Å². The molecule has 0 radical (unpaired) electrons. The fraction of sp³-hybridized carbons (Fsp3) is 0.885. The van der Waals surface area contributed by atoms with Crippen molar-refractivity contribution in [2.24, 2.45) is 0 Å².